The van der Waals surface area contributed by atoms with Gasteiger partial charge in [-0.25, -0.2) is 9.78 Å². The third-order valence-corrected chi connectivity index (χ3v) is 7.71. The number of carbonyl (C=O) groups is 3. The number of pyridine rings is 1. The van der Waals surface area contributed by atoms with Gasteiger partial charge in [0.05, 0.1) is 13.0 Å². The van der Waals surface area contributed by atoms with E-state index in [-0.39, 0.29) is 23.4 Å². The summed E-state index contributed by atoms with van der Waals surface area (Å²) in [6.45, 7) is 1.50. The van der Waals surface area contributed by atoms with Crippen molar-refractivity contribution in [2.45, 2.75) is 38.1 Å². The van der Waals surface area contributed by atoms with Crippen LogP contribution in [0.3, 0.4) is 0 Å². The Morgan fingerprint density at radius 1 is 1.32 bits per heavy atom. The molecular formula is C25H26BrN3O4S. The van der Waals surface area contributed by atoms with Gasteiger partial charge < -0.3 is 15.0 Å². The highest BCUT2D eigenvalue weighted by atomic mass is 79.9. The van der Waals surface area contributed by atoms with Crippen LogP contribution in [0.25, 0.3) is 11.0 Å². The maximum atomic E-state index is 13.6. The first kappa shape index (κ1) is 24.5. The zero-order chi connectivity index (χ0) is 24.2. The number of aryl methyl sites for hydroxylation is 1. The van der Waals surface area contributed by atoms with Crippen molar-refractivity contribution in [2.24, 2.45) is 5.92 Å². The molecule has 0 saturated heterocycles. The Morgan fingerprint density at radius 2 is 2.15 bits per heavy atom. The van der Waals surface area contributed by atoms with Crippen molar-refractivity contribution in [1.29, 1.82) is 0 Å². The van der Waals surface area contributed by atoms with Gasteiger partial charge in [-0.1, -0.05) is 33.8 Å². The van der Waals surface area contributed by atoms with E-state index in [1.165, 1.54) is 19.6 Å². The number of fused-ring (bicyclic) bond motifs is 2. The van der Waals surface area contributed by atoms with Gasteiger partial charge in [0.25, 0.3) is 0 Å². The Hall–Kier alpha value is -2.65. The molecule has 0 saturated carbocycles. The topological polar surface area (TPSA) is 101 Å². The zero-order valence-electron chi connectivity index (χ0n) is 19.0. The van der Waals surface area contributed by atoms with Crippen LogP contribution in [0.2, 0.25) is 0 Å². The Kier molecular flexibility index (Phi) is 7.73. The lowest BCUT2D eigenvalue weighted by Gasteiger charge is -2.26. The number of H-pyrrole nitrogens is 1. The van der Waals surface area contributed by atoms with Gasteiger partial charge in [0.2, 0.25) is 5.91 Å². The molecule has 2 heterocycles. The second-order valence-electron chi connectivity index (χ2n) is 8.40. The zero-order valence-corrected chi connectivity index (χ0v) is 21.4. The number of carbonyl (C=O) groups excluding carboxylic acids is 3. The summed E-state index contributed by atoms with van der Waals surface area (Å²) in [5, 5.41) is 3.79. The largest absolute Gasteiger partial charge is 0.467 e. The third kappa shape index (κ3) is 5.36. The molecule has 4 rings (SSSR count). The van der Waals surface area contributed by atoms with Crippen molar-refractivity contribution in [1.82, 2.24) is 15.3 Å². The molecule has 7 nitrogen and oxygen atoms in total. The molecule has 178 valence electrons. The summed E-state index contributed by atoms with van der Waals surface area (Å²) in [7, 11) is 1.31. The molecule has 9 heteroatoms. The number of ether oxygens (including phenoxy) is 1. The minimum atomic E-state index is -0.854. The van der Waals surface area contributed by atoms with E-state index in [1.54, 1.807) is 12.4 Å². The summed E-state index contributed by atoms with van der Waals surface area (Å²) in [6.07, 6.45) is 5.45. The number of methoxy groups -OCH3 is 1. The Labute approximate surface area is 210 Å². The maximum absolute atomic E-state index is 13.6. The fraction of sp³-hybridized carbons (Fsp3) is 0.360. The second kappa shape index (κ2) is 10.7. The van der Waals surface area contributed by atoms with E-state index in [2.05, 4.69) is 37.3 Å². The molecule has 34 heavy (non-hydrogen) atoms. The van der Waals surface area contributed by atoms with Gasteiger partial charge in [0.15, 0.2) is 5.12 Å². The molecular weight excluding hydrogens is 518 g/mol. The molecule has 3 aromatic rings. The molecule has 0 spiro atoms. The van der Waals surface area contributed by atoms with Crippen LogP contribution < -0.4 is 5.32 Å². The van der Waals surface area contributed by atoms with Crippen LogP contribution in [0.15, 0.2) is 47.2 Å². The van der Waals surface area contributed by atoms with Crippen LogP contribution in [0.5, 0.6) is 0 Å². The number of aromatic amines is 1. The Morgan fingerprint density at radius 3 is 2.91 bits per heavy atom. The van der Waals surface area contributed by atoms with E-state index >= 15 is 0 Å². The Bertz CT molecular complexity index is 1230. The minimum absolute atomic E-state index is 0.0227. The highest BCUT2D eigenvalue weighted by Crippen LogP contribution is 2.41. The molecule has 3 unspecified atom stereocenters. The predicted molar refractivity (Wildman–Crippen MR) is 136 cm³/mol. The number of halogens is 1. The smallest absolute Gasteiger partial charge is 0.328 e. The van der Waals surface area contributed by atoms with E-state index in [4.69, 9.17) is 4.74 Å². The van der Waals surface area contributed by atoms with Crippen molar-refractivity contribution in [3.8, 4) is 0 Å². The number of benzene rings is 1. The summed E-state index contributed by atoms with van der Waals surface area (Å²) < 4.78 is 6.01. The fourth-order valence-corrected chi connectivity index (χ4v) is 5.84. The lowest BCUT2D eigenvalue weighted by molar-refractivity contribution is -0.145. The van der Waals surface area contributed by atoms with Gasteiger partial charge in [-0.2, -0.15) is 0 Å². The number of esters is 1. The highest BCUT2D eigenvalue weighted by molar-refractivity contribution is 9.10. The van der Waals surface area contributed by atoms with Crippen LogP contribution in [0, 0.1) is 5.92 Å². The van der Waals surface area contributed by atoms with E-state index in [0.717, 1.165) is 51.2 Å². The van der Waals surface area contributed by atoms with Gasteiger partial charge in [0, 0.05) is 41.4 Å². The lowest BCUT2D eigenvalue weighted by Crippen LogP contribution is -2.47. The lowest BCUT2D eigenvalue weighted by atomic mass is 9.87. The van der Waals surface area contributed by atoms with Crippen molar-refractivity contribution in [3.63, 3.8) is 0 Å². The average Bonchev–Trinajstić information content (AvgIpc) is 3.42. The molecule has 1 aromatic carbocycles. The predicted octanol–water partition coefficient (Wildman–Crippen LogP) is 4.15. The number of hydrogen-bond donors (Lipinski definition) is 2. The molecule has 3 atom stereocenters. The summed E-state index contributed by atoms with van der Waals surface area (Å²) in [5.74, 6) is -0.881. The number of nitrogens with one attached hydrogen (secondary N) is 2. The minimum Gasteiger partial charge on any atom is -0.467 e. The monoisotopic (exact) mass is 543 g/mol. The van der Waals surface area contributed by atoms with Crippen LogP contribution in [0.4, 0.5) is 0 Å². The first-order chi connectivity index (χ1) is 16.4. The second-order valence-corrected chi connectivity index (χ2v) is 10.5. The van der Waals surface area contributed by atoms with Crippen molar-refractivity contribution >= 4 is 55.7 Å². The summed E-state index contributed by atoms with van der Waals surface area (Å²) in [5.41, 5.74) is 3.92. The van der Waals surface area contributed by atoms with Gasteiger partial charge in [0.1, 0.15) is 11.7 Å². The molecule has 1 aliphatic rings. The molecule has 0 bridgehead atoms. The number of aromatic nitrogens is 2. The maximum Gasteiger partial charge on any atom is 0.328 e. The van der Waals surface area contributed by atoms with Gasteiger partial charge in [-0.3, -0.25) is 9.59 Å². The molecule has 0 aliphatic heterocycles. The van der Waals surface area contributed by atoms with Crippen LogP contribution in [-0.4, -0.2) is 45.9 Å². The van der Waals surface area contributed by atoms with E-state index in [1.807, 2.05) is 24.3 Å². The summed E-state index contributed by atoms with van der Waals surface area (Å²) in [6, 6.07) is 9.01. The van der Waals surface area contributed by atoms with Crippen LogP contribution >= 0.6 is 27.7 Å². The Balaban J connectivity index is 1.58. The molecule has 0 radical (unpaired) electrons. The quantitative estimate of drug-likeness (QED) is 0.414. The van der Waals surface area contributed by atoms with E-state index in [0.29, 0.717) is 5.75 Å². The van der Waals surface area contributed by atoms with E-state index in [9.17, 15) is 14.4 Å². The number of rotatable bonds is 8. The molecule has 0 fully saturated rings. The van der Waals surface area contributed by atoms with E-state index < -0.39 is 17.9 Å². The number of hydrogen-bond acceptors (Lipinski definition) is 6. The van der Waals surface area contributed by atoms with Gasteiger partial charge in [-0.05, 0) is 59.7 Å². The first-order valence-corrected chi connectivity index (χ1v) is 12.9. The molecule has 2 N–H and O–H groups in total. The molecule has 1 amide bonds. The van der Waals surface area contributed by atoms with Crippen molar-refractivity contribution in [2.75, 3.05) is 12.9 Å². The van der Waals surface area contributed by atoms with Crippen molar-refractivity contribution in [3.05, 3.63) is 63.9 Å². The van der Waals surface area contributed by atoms with Gasteiger partial charge in [-0.15, -0.1) is 0 Å². The molecule has 2 aromatic heterocycles. The van der Waals surface area contributed by atoms with Gasteiger partial charge >= 0.3 is 5.97 Å². The first-order valence-electron chi connectivity index (χ1n) is 11.1. The SMILES string of the molecule is COC(=O)C(Cc1c[nH]c2ncccc12)NC(=O)C(CSC(C)=O)C1CCc2cc(Br)ccc21. The average molecular weight is 544 g/mol. The number of amides is 1. The third-order valence-electron chi connectivity index (χ3n) is 6.28. The molecule has 1 aliphatic carbocycles. The van der Waals surface area contributed by atoms with Crippen LogP contribution in [-0.2, 0) is 32.0 Å². The standard InChI is InChI=1S/C25H26BrN3O4S/c1-14(30)34-13-21(20-7-5-15-10-17(26)6-8-18(15)20)24(31)29-22(25(32)33-2)11-16-12-28-23-19(16)4-3-9-27-23/h3-4,6,8-10,12,20-22H,5,7,11,13H2,1-2H3,(H,27,28)(H,29,31). The highest BCUT2D eigenvalue weighted by Gasteiger charge is 2.36. The normalized spacial score (nSPS) is 16.6. The summed E-state index contributed by atoms with van der Waals surface area (Å²) >= 11 is 4.66. The van der Waals surface area contributed by atoms with Crippen LogP contribution in [0.1, 0.15) is 36.0 Å². The number of nitrogens with zero attached hydrogens (tertiary/aromatic N) is 1. The van der Waals surface area contributed by atoms with Crippen molar-refractivity contribution < 1.29 is 19.1 Å². The summed E-state index contributed by atoms with van der Waals surface area (Å²) in [4.78, 5) is 45.3. The number of thioether (sulfide) groups is 1. The fourth-order valence-electron chi connectivity index (χ4n) is 4.63.